The van der Waals surface area contributed by atoms with Gasteiger partial charge in [0.2, 0.25) is 5.91 Å². The molecule has 1 fully saturated rings. The van der Waals surface area contributed by atoms with E-state index in [0.717, 1.165) is 12.0 Å². The summed E-state index contributed by atoms with van der Waals surface area (Å²) in [4.78, 5) is 26.7. The normalized spacial score (nSPS) is 13.6. The molecule has 2 aromatic carbocycles. The van der Waals surface area contributed by atoms with Crippen molar-refractivity contribution in [2.75, 3.05) is 23.9 Å². The molecule has 1 aliphatic rings. The lowest BCUT2D eigenvalue weighted by Crippen LogP contribution is -2.27. The summed E-state index contributed by atoms with van der Waals surface area (Å²) >= 11 is 6.11. The molecule has 1 aromatic heterocycles. The maximum Gasteiger partial charge on any atom is 0.258 e. The van der Waals surface area contributed by atoms with Gasteiger partial charge in [0.1, 0.15) is 5.75 Å². The first-order valence-electron chi connectivity index (χ1n) is 9.17. The molecule has 0 saturated carbocycles. The van der Waals surface area contributed by atoms with Crippen LogP contribution in [0.15, 0.2) is 48.5 Å². The van der Waals surface area contributed by atoms with Crippen LogP contribution in [-0.4, -0.2) is 35.7 Å². The lowest BCUT2D eigenvalue weighted by atomic mass is 10.1. The second-order valence-electron chi connectivity index (χ2n) is 6.63. The molecule has 0 unspecified atom stereocenters. The number of H-pyrrole nitrogens is 1. The van der Waals surface area contributed by atoms with E-state index in [4.69, 9.17) is 16.3 Å². The Morgan fingerprint density at radius 1 is 1.24 bits per heavy atom. The maximum atomic E-state index is 12.9. The average molecular weight is 411 g/mol. The van der Waals surface area contributed by atoms with E-state index in [1.54, 1.807) is 36.3 Å². The zero-order valence-electron chi connectivity index (χ0n) is 15.7. The minimum absolute atomic E-state index is 0.0143. The number of nitrogens with one attached hydrogen (secondary N) is 2. The van der Waals surface area contributed by atoms with Crippen LogP contribution in [0.4, 0.5) is 11.5 Å². The minimum Gasteiger partial charge on any atom is -0.496 e. The molecule has 0 spiro atoms. The standard InChI is InChI=1S/C21H19ClN4O3/c1-29-18-6-3-2-5-14(18)16-12-19(25-24-16)23-21(28)15-9-8-13(22)11-17(15)26-10-4-7-20(26)27/h2-3,5-6,8-9,11-12H,4,7,10H2,1H3,(H2,23,24,25,28). The van der Waals surface area contributed by atoms with Gasteiger partial charge in [0.15, 0.2) is 5.82 Å². The Balaban J connectivity index is 1.60. The number of ether oxygens (including phenoxy) is 1. The Morgan fingerprint density at radius 2 is 2.07 bits per heavy atom. The second kappa shape index (κ2) is 7.97. The van der Waals surface area contributed by atoms with Gasteiger partial charge in [-0.1, -0.05) is 23.7 Å². The SMILES string of the molecule is COc1ccccc1-c1cc(NC(=O)c2ccc(Cl)cc2N2CCCC2=O)n[nH]1. The number of hydrogen-bond acceptors (Lipinski definition) is 4. The third-order valence-corrected chi connectivity index (χ3v) is 5.02. The predicted octanol–water partition coefficient (Wildman–Crippen LogP) is 4.12. The van der Waals surface area contributed by atoms with Crippen molar-refractivity contribution in [1.29, 1.82) is 0 Å². The summed E-state index contributed by atoms with van der Waals surface area (Å²) in [5.74, 6) is 0.681. The quantitative estimate of drug-likeness (QED) is 0.662. The summed E-state index contributed by atoms with van der Waals surface area (Å²) in [6, 6.07) is 14.1. The Labute approximate surface area is 172 Å². The van der Waals surface area contributed by atoms with Crippen molar-refractivity contribution in [3.8, 4) is 17.0 Å². The van der Waals surface area contributed by atoms with Crippen LogP contribution in [0, 0.1) is 0 Å². The van der Waals surface area contributed by atoms with Crippen LogP contribution in [-0.2, 0) is 4.79 Å². The second-order valence-corrected chi connectivity index (χ2v) is 7.07. The molecule has 0 atom stereocenters. The lowest BCUT2D eigenvalue weighted by Gasteiger charge is -2.19. The molecule has 29 heavy (non-hydrogen) atoms. The van der Waals surface area contributed by atoms with Crippen LogP contribution in [0.25, 0.3) is 11.3 Å². The lowest BCUT2D eigenvalue weighted by molar-refractivity contribution is -0.117. The number of hydrogen-bond donors (Lipinski definition) is 2. The number of benzene rings is 2. The number of halogens is 1. The van der Waals surface area contributed by atoms with Crippen LogP contribution in [0.1, 0.15) is 23.2 Å². The molecule has 148 valence electrons. The number of carbonyl (C=O) groups is 2. The Hall–Kier alpha value is -3.32. The Bertz CT molecular complexity index is 1080. The molecule has 0 bridgehead atoms. The van der Waals surface area contributed by atoms with Gasteiger partial charge in [0, 0.05) is 29.6 Å². The molecule has 2 amide bonds. The largest absolute Gasteiger partial charge is 0.496 e. The summed E-state index contributed by atoms with van der Waals surface area (Å²) in [5, 5.41) is 10.3. The van der Waals surface area contributed by atoms with Crippen molar-refractivity contribution in [2.24, 2.45) is 0 Å². The van der Waals surface area contributed by atoms with Crippen LogP contribution < -0.4 is 15.0 Å². The third kappa shape index (κ3) is 3.82. The number of rotatable bonds is 5. The first kappa shape index (κ1) is 19.0. The smallest absolute Gasteiger partial charge is 0.258 e. The average Bonchev–Trinajstić information content (AvgIpc) is 3.36. The summed E-state index contributed by atoms with van der Waals surface area (Å²) in [7, 11) is 1.60. The van der Waals surface area contributed by atoms with Gasteiger partial charge in [0.05, 0.1) is 24.1 Å². The van der Waals surface area contributed by atoms with E-state index in [2.05, 4.69) is 15.5 Å². The summed E-state index contributed by atoms with van der Waals surface area (Å²) in [5.41, 5.74) is 2.42. The number of aromatic amines is 1. The topological polar surface area (TPSA) is 87.3 Å². The van der Waals surface area contributed by atoms with Crippen molar-refractivity contribution in [1.82, 2.24) is 10.2 Å². The predicted molar refractivity (Wildman–Crippen MR) is 112 cm³/mol. The van der Waals surface area contributed by atoms with E-state index >= 15 is 0 Å². The van der Waals surface area contributed by atoms with E-state index in [1.807, 2.05) is 24.3 Å². The zero-order chi connectivity index (χ0) is 20.4. The Morgan fingerprint density at radius 3 is 2.83 bits per heavy atom. The molecule has 2 heterocycles. The molecular weight excluding hydrogens is 392 g/mol. The van der Waals surface area contributed by atoms with Gasteiger partial charge in [-0.15, -0.1) is 0 Å². The summed E-state index contributed by atoms with van der Waals surface area (Å²) in [6.45, 7) is 0.569. The minimum atomic E-state index is -0.366. The number of carbonyl (C=O) groups excluding carboxylic acids is 2. The highest BCUT2D eigenvalue weighted by atomic mass is 35.5. The van der Waals surface area contributed by atoms with E-state index in [1.165, 1.54) is 0 Å². The fourth-order valence-electron chi connectivity index (χ4n) is 3.40. The number of anilines is 2. The molecule has 3 aromatic rings. The highest BCUT2D eigenvalue weighted by Gasteiger charge is 2.26. The molecule has 4 rings (SSSR count). The fraction of sp³-hybridized carbons (Fsp3) is 0.190. The van der Waals surface area contributed by atoms with E-state index in [9.17, 15) is 9.59 Å². The van der Waals surface area contributed by atoms with Crippen molar-refractivity contribution in [3.05, 3.63) is 59.1 Å². The van der Waals surface area contributed by atoms with Crippen LogP contribution in [0.5, 0.6) is 5.75 Å². The van der Waals surface area contributed by atoms with Gasteiger partial charge >= 0.3 is 0 Å². The maximum absolute atomic E-state index is 12.9. The molecular formula is C21H19ClN4O3. The molecule has 8 heteroatoms. The number of nitrogens with zero attached hydrogens (tertiary/aromatic N) is 2. The molecule has 2 N–H and O–H groups in total. The monoisotopic (exact) mass is 410 g/mol. The first-order chi connectivity index (χ1) is 14.1. The van der Waals surface area contributed by atoms with Gasteiger partial charge in [-0.3, -0.25) is 14.7 Å². The van der Waals surface area contributed by atoms with Crippen LogP contribution in [0.3, 0.4) is 0 Å². The van der Waals surface area contributed by atoms with Crippen LogP contribution in [0.2, 0.25) is 5.02 Å². The van der Waals surface area contributed by atoms with Gasteiger partial charge in [0.25, 0.3) is 5.91 Å². The van der Waals surface area contributed by atoms with Gasteiger partial charge < -0.3 is 15.0 Å². The molecule has 1 aliphatic heterocycles. The van der Waals surface area contributed by atoms with E-state index < -0.39 is 0 Å². The highest BCUT2D eigenvalue weighted by molar-refractivity contribution is 6.31. The number of aromatic nitrogens is 2. The number of methoxy groups -OCH3 is 1. The molecule has 0 aliphatic carbocycles. The van der Waals surface area contributed by atoms with E-state index in [0.29, 0.717) is 46.5 Å². The highest BCUT2D eigenvalue weighted by Crippen LogP contribution is 2.31. The molecule has 7 nitrogen and oxygen atoms in total. The zero-order valence-corrected chi connectivity index (χ0v) is 16.5. The van der Waals surface area contributed by atoms with Gasteiger partial charge in [-0.25, -0.2) is 0 Å². The summed E-state index contributed by atoms with van der Waals surface area (Å²) in [6.07, 6.45) is 1.23. The molecule has 0 radical (unpaired) electrons. The van der Waals surface area contributed by atoms with Gasteiger partial charge in [-0.2, -0.15) is 5.10 Å². The Kier molecular flexibility index (Phi) is 5.22. The summed E-state index contributed by atoms with van der Waals surface area (Å²) < 4.78 is 5.37. The first-order valence-corrected chi connectivity index (χ1v) is 9.54. The fourth-order valence-corrected chi connectivity index (χ4v) is 3.56. The van der Waals surface area contributed by atoms with Crippen LogP contribution >= 0.6 is 11.6 Å². The number of para-hydroxylation sites is 1. The van der Waals surface area contributed by atoms with Crippen molar-refractivity contribution in [3.63, 3.8) is 0 Å². The van der Waals surface area contributed by atoms with E-state index in [-0.39, 0.29) is 11.8 Å². The van der Waals surface area contributed by atoms with Crippen molar-refractivity contribution < 1.29 is 14.3 Å². The van der Waals surface area contributed by atoms with Crippen molar-refractivity contribution in [2.45, 2.75) is 12.8 Å². The number of amides is 2. The van der Waals surface area contributed by atoms with Crippen molar-refractivity contribution >= 4 is 34.9 Å². The molecule has 1 saturated heterocycles. The third-order valence-electron chi connectivity index (χ3n) is 4.79. The van der Waals surface area contributed by atoms with Gasteiger partial charge in [-0.05, 0) is 36.8 Å².